The third kappa shape index (κ3) is 4.40. The average Bonchev–Trinajstić information content (AvgIpc) is 2.44. The summed E-state index contributed by atoms with van der Waals surface area (Å²) in [6, 6.07) is 7.69. The summed E-state index contributed by atoms with van der Waals surface area (Å²) in [7, 11) is 0. The fourth-order valence-corrected chi connectivity index (χ4v) is 2.53. The second-order valence-electron chi connectivity index (χ2n) is 7.39. The van der Waals surface area contributed by atoms with E-state index in [9.17, 15) is 9.59 Å². The molecular weight excluding hydrogens is 308 g/mol. The van der Waals surface area contributed by atoms with Gasteiger partial charge in [-0.3, -0.25) is 4.79 Å². The Morgan fingerprint density at radius 3 is 2.58 bits per heavy atom. The van der Waals surface area contributed by atoms with Crippen molar-refractivity contribution in [3.05, 3.63) is 24.3 Å². The number of fused-ring (bicyclic) bond motifs is 1. The van der Waals surface area contributed by atoms with Crippen LogP contribution < -0.4 is 10.2 Å². The van der Waals surface area contributed by atoms with Crippen LogP contribution in [0.15, 0.2) is 24.3 Å². The van der Waals surface area contributed by atoms with E-state index in [1.807, 2.05) is 38.1 Å². The second-order valence-corrected chi connectivity index (χ2v) is 7.39. The number of benzene rings is 1. The minimum atomic E-state index is -0.685. The Morgan fingerprint density at radius 1 is 1.25 bits per heavy atom. The predicted octanol–water partition coefficient (Wildman–Crippen LogP) is 3.57. The molecule has 1 aromatic carbocycles. The van der Waals surface area contributed by atoms with E-state index in [4.69, 9.17) is 9.47 Å². The van der Waals surface area contributed by atoms with Crippen LogP contribution in [0.3, 0.4) is 0 Å². The monoisotopic (exact) mass is 334 g/mol. The number of hydrogen-bond acceptors (Lipinski definition) is 5. The smallest absolute Gasteiger partial charge is 0.434 e. The molecule has 6 nitrogen and oxygen atoms in total. The maximum absolute atomic E-state index is 12.7. The fourth-order valence-electron chi connectivity index (χ4n) is 2.53. The van der Waals surface area contributed by atoms with Gasteiger partial charge in [-0.05, 0) is 53.2 Å². The molecule has 0 bridgehead atoms. The Morgan fingerprint density at radius 2 is 1.92 bits per heavy atom. The highest BCUT2D eigenvalue weighted by Gasteiger charge is 2.38. The molecule has 0 unspecified atom stereocenters. The van der Waals surface area contributed by atoms with Crippen LogP contribution in [0.5, 0.6) is 0 Å². The number of hydrogen-bond donors (Lipinski definition) is 1. The summed E-state index contributed by atoms with van der Waals surface area (Å²) in [6.45, 7) is 9.75. The first kappa shape index (κ1) is 18.1. The van der Waals surface area contributed by atoms with Crippen LogP contribution in [0, 0.1) is 0 Å². The molecule has 0 aromatic heterocycles. The number of para-hydroxylation sites is 2. The normalized spacial score (nSPS) is 16.2. The van der Waals surface area contributed by atoms with Crippen LogP contribution >= 0.6 is 0 Å². The highest BCUT2D eigenvalue weighted by atomic mass is 16.7. The Balaban J connectivity index is 1.94. The number of carbonyl (C=O) groups excluding carboxylic acids is 2. The number of rotatable bonds is 4. The van der Waals surface area contributed by atoms with E-state index >= 15 is 0 Å². The molecule has 1 amide bonds. The van der Waals surface area contributed by atoms with Gasteiger partial charge in [0, 0.05) is 6.54 Å². The lowest BCUT2D eigenvalue weighted by Crippen LogP contribution is -2.54. The molecule has 1 N–H and O–H groups in total. The number of amides is 1. The largest absolute Gasteiger partial charge is 0.508 e. The predicted molar refractivity (Wildman–Crippen MR) is 93.3 cm³/mol. The summed E-state index contributed by atoms with van der Waals surface area (Å²) in [4.78, 5) is 25.9. The molecule has 0 spiro atoms. The van der Waals surface area contributed by atoms with Gasteiger partial charge >= 0.3 is 6.16 Å². The molecule has 1 aromatic rings. The van der Waals surface area contributed by atoms with Crippen LogP contribution in [0.1, 0.15) is 41.0 Å². The van der Waals surface area contributed by atoms with Gasteiger partial charge in [0.05, 0.1) is 18.0 Å². The van der Waals surface area contributed by atoms with Crippen LogP contribution in [0.4, 0.5) is 16.2 Å². The Bertz CT molecular complexity index is 620. The molecule has 0 radical (unpaired) electrons. The first-order valence-electron chi connectivity index (χ1n) is 8.15. The van der Waals surface area contributed by atoms with Gasteiger partial charge < -0.3 is 19.7 Å². The zero-order valence-corrected chi connectivity index (χ0v) is 15.0. The Hall–Kier alpha value is -2.24. The van der Waals surface area contributed by atoms with Crippen molar-refractivity contribution >= 4 is 23.4 Å². The summed E-state index contributed by atoms with van der Waals surface area (Å²) in [5.41, 5.74) is 0.531. The second kappa shape index (κ2) is 6.71. The summed E-state index contributed by atoms with van der Waals surface area (Å²) in [5, 5.41) is 3.25. The van der Waals surface area contributed by atoms with E-state index in [1.54, 1.807) is 25.7 Å². The zero-order chi connectivity index (χ0) is 18.0. The quantitative estimate of drug-likeness (QED) is 0.673. The topological polar surface area (TPSA) is 67.9 Å². The minimum Gasteiger partial charge on any atom is -0.434 e. The lowest BCUT2D eigenvalue weighted by molar-refractivity contribution is -0.122. The van der Waals surface area contributed by atoms with Crippen molar-refractivity contribution in [3.63, 3.8) is 0 Å². The van der Waals surface area contributed by atoms with Crippen molar-refractivity contribution in [1.82, 2.24) is 0 Å². The van der Waals surface area contributed by atoms with Crippen molar-refractivity contribution in [2.24, 2.45) is 0 Å². The minimum absolute atomic E-state index is 0.00142. The molecule has 0 saturated carbocycles. The van der Waals surface area contributed by atoms with E-state index in [0.29, 0.717) is 13.0 Å². The van der Waals surface area contributed by atoms with Crippen LogP contribution in [0.2, 0.25) is 0 Å². The van der Waals surface area contributed by atoms with Gasteiger partial charge in [0.15, 0.2) is 0 Å². The summed E-state index contributed by atoms with van der Waals surface area (Å²) in [6.07, 6.45) is -0.148. The summed E-state index contributed by atoms with van der Waals surface area (Å²) >= 11 is 0. The number of carbonyl (C=O) groups is 2. The Kier molecular flexibility index (Phi) is 5.06. The molecule has 1 aliphatic heterocycles. The SMILES string of the molecule is CC(C)(C)OC(=O)OCCCN1C(=O)C(C)(C)Nc2ccccc21. The van der Waals surface area contributed by atoms with Gasteiger partial charge in [-0.15, -0.1) is 0 Å². The van der Waals surface area contributed by atoms with E-state index in [1.165, 1.54) is 0 Å². The van der Waals surface area contributed by atoms with Gasteiger partial charge in [0.25, 0.3) is 5.91 Å². The van der Waals surface area contributed by atoms with E-state index < -0.39 is 17.3 Å². The third-order valence-corrected chi connectivity index (χ3v) is 3.56. The number of ether oxygens (including phenoxy) is 2. The molecule has 0 fully saturated rings. The molecule has 2 rings (SSSR count). The highest BCUT2D eigenvalue weighted by Crippen LogP contribution is 2.34. The Labute approximate surface area is 143 Å². The first-order valence-corrected chi connectivity index (χ1v) is 8.15. The third-order valence-electron chi connectivity index (χ3n) is 3.56. The van der Waals surface area contributed by atoms with Gasteiger partial charge in [0.2, 0.25) is 0 Å². The van der Waals surface area contributed by atoms with Gasteiger partial charge in [-0.25, -0.2) is 4.79 Å². The highest BCUT2D eigenvalue weighted by molar-refractivity contribution is 6.07. The van der Waals surface area contributed by atoms with Gasteiger partial charge in [0.1, 0.15) is 11.1 Å². The zero-order valence-electron chi connectivity index (χ0n) is 15.0. The standard InChI is InChI=1S/C18H26N2O4/c1-17(2,3)24-16(22)23-12-8-11-20-14-10-7-6-9-13(14)19-18(4,5)15(20)21/h6-7,9-10,19H,8,11-12H2,1-5H3. The molecule has 132 valence electrons. The van der Waals surface area contributed by atoms with E-state index in [-0.39, 0.29) is 12.5 Å². The van der Waals surface area contributed by atoms with Crippen molar-refractivity contribution in [2.45, 2.75) is 52.2 Å². The van der Waals surface area contributed by atoms with Crippen LogP contribution in [0.25, 0.3) is 0 Å². The van der Waals surface area contributed by atoms with Gasteiger partial charge in [-0.2, -0.15) is 0 Å². The molecule has 0 aliphatic carbocycles. The first-order chi connectivity index (χ1) is 11.1. The molecule has 0 atom stereocenters. The lowest BCUT2D eigenvalue weighted by Gasteiger charge is -2.40. The number of anilines is 2. The fraction of sp³-hybridized carbons (Fsp3) is 0.556. The number of nitrogens with zero attached hydrogens (tertiary/aromatic N) is 1. The van der Waals surface area contributed by atoms with Crippen molar-refractivity contribution in [3.8, 4) is 0 Å². The molecule has 24 heavy (non-hydrogen) atoms. The molecular formula is C18H26N2O4. The van der Waals surface area contributed by atoms with Crippen molar-refractivity contribution in [2.75, 3.05) is 23.4 Å². The van der Waals surface area contributed by atoms with E-state index in [0.717, 1.165) is 11.4 Å². The van der Waals surface area contributed by atoms with Crippen LogP contribution in [-0.4, -0.2) is 36.4 Å². The van der Waals surface area contributed by atoms with Crippen molar-refractivity contribution < 1.29 is 19.1 Å². The van der Waals surface area contributed by atoms with Gasteiger partial charge in [-0.1, -0.05) is 12.1 Å². The maximum Gasteiger partial charge on any atom is 0.508 e. The van der Waals surface area contributed by atoms with E-state index in [2.05, 4.69) is 5.32 Å². The lowest BCUT2D eigenvalue weighted by atomic mass is 9.98. The van der Waals surface area contributed by atoms with Crippen LogP contribution in [-0.2, 0) is 14.3 Å². The number of nitrogens with one attached hydrogen (secondary N) is 1. The molecule has 1 aliphatic rings. The molecule has 1 heterocycles. The van der Waals surface area contributed by atoms with Crippen molar-refractivity contribution in [1.29, 1.82) is 0 Å². The summed E-state index contributed by atoms with van der Waals surface area (Å²) < 4.78 is 10.2. The molecule has 0 saturated heterocycles. The summed E-state index contributed by atoms with van der Waals surface area (Å²) in [5.74, 6) is -0.00142. The molecule has 6 heteroatoms. The average molecular weight is 334 g/mol. The maximum atomic E-state index is 12.7.